The van der Waals surface area contributed by atoms with E-state index in [-0.39, 0.29) is 6.61 Å². The minimum atomic E-state index is 0.243. The van der Waals surface area contributed by atoms with Crippen molar-refractivity contribution in [2.75, 3.05) is 44.2 Å². The number of aliphatic hydroxyl groups is 1. The van der Waals surface area contributed by atoms with Crippen LogP contribution < -0.4 is 4.90 Å². The third kappa shape index (κ3) is 2.36. The number of hydrogen-bond donors (Lipinski definition) is 2. The summed E-state index contributed by atoms with van der Waals surface area (Å²) in [6, 6.07) is 5.04. The number of H-pyrrole nitrogens is 1. The Balaban J connectivity index is 1.54. The average molecular weight is 299 g/mol. The molecule has 7 heteroatoms. The zero-order valence-corrected chi connectivity index (χ0v) is 12.3. The van der Waals surface area contributed by atoms with Crippen molar-refractivity contribution in [3.05, 3.63) is 24.5 Å². The van der Waals surface area contributed by atoms with E-state index in [1.54, 1.807) is 12.4 Å². The summed E-state index contributed by atoms with van der Waals surface area (Å²) in [5.74, 6) is 2.18. The number of anilines is 1. The number of β-amino-alcohol motifs (C(OH)–C–C–N with tert-alkyl or cyclic N) is 1. The van der Waals surface area contributed by atoms with Gasteiger partial charge in [0.2, 0.25) is 0 Å². The molecule has 2 aliphatic rings. The smallest absolute Gasteiger partial charge is 0.160 e. The number of hydrogen-bond acceptors (Lipinski definition) is 6. The molecule has 2 aliphatic heterocycles. The Kier molecular flexibility index (Phi) is 3.51. The first-order valence-electron chi connectivity index (χ1n) is 7.67. The Labute approximate surface area is 129 Å². The number of nitrogens with one attached hydrogen (secondary N) is 1. The van der Waals surface area contributed by atoms with Crippen LogP contribution in [0.2, 0.25) is 0 Å². The second-order valence-corrected chi connectivity index (χ2v) is 6.05. The van der Waals surface area contributed by atoms with E-state index in [0.29, 0.717) is 11.8 Å². The van der Waals surface area contributed by atoms with Gasteiger partial charge in [-0.25, -0.2) is 0 Å². The van der Waals surface area contributed by atoms with Crippen LogP contribution in [0.5, 0.6) is 0 Å². The van der Waals surface area contributed by atoms with E-state index in [1.165, 1.54) is 0 Å². The van der Waals surface area contributed by atoms with Crippen LogP contribution in [0.1, 0.15) is 0 Å². The summed E-state index contributed by atoms with van der Waals surface area (Å²) in [5.41, 5.74) is 1.76. The summed E-state index contributed by atoms with van der Waals surface area (Å²) >= 11 is 0. The Bertz CT molecular complexity index is 617. The van der Waals surface area contributed by atoms with Crippen molar-refractivity contribution >= 4 is 5.82 Å². The predicted octanol–water partition coefficient (Wildman–Crippen LogP) is 0.0272. The second-order valence-electron chi connectivity index (χ2n) is 6.05. The molecule has 2 aromatic rings. The van der Waals surface area contributed by atoms with Crippen molar-refractivity contribution in [2.24, 2.45) is 11.8 Å². The quantitative estimate of drug-likeness (QED) is 0.829. The van der Waals surface area contributed by atoms with E-state index in [2.05, 4.69) is 36.3 Å². The predicted molar refractivity (Wildman–Crippen MR) is 81.2 cm³/mol. The number of fused-ring (bicyclic) bond motifs is 1. The van der Waals surface area contributed by atoms with Crippen LogP contribution in [0.4, 0.5) is 5.82 Å². The number of aliphatic hydroxyl groups excluding tert-OH is 1. The van der Waals surface area contributed by atoms with Gasteiger partial charge in [-0.1, -0.05) is 0 Å². The lowest BCUT2D eigenvalue weighted by Gasteiger charge is -2.22. The normalized spacial score (nSPS) is 24.9. The lowest BCUT2D eigenvalue weighted by atomic mass is 10.0. The average Bonchev–Trinajstić information content (AvgIpc) is 3.23. The second kappa shape index (κ2) is 5.66. The molecule has 0 amide bonds. The summed E-state index contributed by atoms with van der Waals surface area (Å²) < 4.78 is 0. The fraction of sp³-hybridized carbons (Fsp3) is 0.533. The van der Waals surface area contributed by atoms with Gasteiger partial charge in [-0.3, -0.25) is 5.10 Å². The summed E-state index contributed by atoms with van der Waals surface area (Å²) in [5, 5.41) is 24.5. The summed E-state index contributed by atoms with van der Waals surface area (Å²) in [6.07, 6.45) is 3.40. The molecule has 0 unspecified atom stereocenters. The van der Waals surface area contributed by atoms with Gasteiger partial charge < -0.3 is 14.9 Å². The van der Waals surface area contributed by atoms with Crippen LogP contribution >= 0.6 is 0 Å². The molecule has 1 radical (unpaired) electrons. The van der Waals surface area contributed by atoms with Crippen molar-refractivity contribution in [3.8, 4) is 11.3 Å². The molecule has 2 fully saturated rings. The van der Waals surface area contributed by atoms with Crippen LogP contribution in [0.25, 0.3) is 11.3 Å². The SMILES string of the molecule is OCCN1C[C@@H]2CN(c3nnccc3-c3[c]c[nH]n3)C[C@@H]2C1. The van der Waals surface area contributed by atoms with Gasteiger partial charge in [-0.2, -0.15) is 10.2 Å². The van der Waals surface area contributed by atoms with Crippen molar-refractivity contribution < 1.29 is 5.11 Å². The molecule has 115 valence electrons. The van der Waals surface area contributed by atoms with Crippen molar-refractivity contribution in [2.45, 2.75) is 0 Å². The van der Waals surface area contributed by atoms with Crippen LogP contribution in [-0.4, -0.2) is 69.7 Å². The van der Waals surface area contributed by atoms with E-state index < -0.39 is 0 Å². The van der Waals surface area contributed by atoms with E-state index in [1.807, 2.05) is 6.07 Å². The molecule has 2 saturated heterocycles. The highest BCUT2D eigenvalue weighted by atomic mass is 16.3. The van der Waals surface area contributed by atoms with Gasteiger partial charge in [0.1, 0.15) is 5.69 Å². The minimum Gasteiger partial charge on any atom is -0.395 e. The molecule has 0 saturated carbocycles. The van der Waals surface area contributed by atoms with Crippen LogP contribution in [0, 0.1) is 17.9 Å². The summed E-state index contributed by atoms with van der Waals surface area (Å²) in [7, 11) is 0. The molecule has 2 atom stereocenters. The lowest BCUT2D eigenvalue weighted by Crippen LogP contribution is -2.31. The first kappa shape index (κ1) is 13.7. The molecule has 0 aliphatic carbocycles. The topological polar surface area (TPSA) is 81.2 Å². The number of nitrogens with zero attached hydrogens (tertiary/aromatic N) is 5. The lowest BCUT2D eigenvalue weighted by molar-refractivity contribution is 0.214. The molecule has 7 nitrogen and oxygen atoms in total. The van der Waals surface area contributed by atoms with E-state index >= 15 is 0 Å². The molecule has 22 heavy (non-hydrogen) atoms. The highest BCUT2D eigenvalue weighted by Gasteiger charge is 2.40. The zero-order valence-electron chi connectivity index (χ0n) is 12.3. The molecule has 2 aromatic heterocycles. The molecule has 0 spiro atoms. The highest BCUT2D eigenvalue weighted by Crippen LogP contribution is 2.36. The van der Waals surface area contributed by atoms with Gasteiger partial charge >= 0.3 is 0 Å². The molecular weight excluding hydrogens is 280 g/mol. The maximum Gasteiger partial charge on any atom is 0.160 e. The maximum absolute atomic E-state index is 9.08. The Morgan fingerprint density at radius 2 is 2.09 bits per heavy atom. The highest BCUT2D eigenvalue weighted by molar-refractivity contribution is 5.72. The first-order chi connectivity index (χ1) is 10.8. The Morgan fingerprint density at radius 1 is 1.27 bits per heavy atom. The molecule has 4 heterocycles. The largest absolute Gasteiger partial charge is 0.395 e. The van der Waals surface area contributed by atoms with Gasteiger partial charge in [0.05, 0.1) is 12.8 Å². The molecule has 0 bridgehead atoms. The number of aromatic amines is 1. The molecule has 0 aromatic carbocycles. The fourth-order valence-electron chi connectivity index (χ4n) is 3.70. The van der Waals surface area contributed by atoms with E-state index in [0.717, 1.165) is 49.8 Å². The molecule has 2 N–H and O–H groups in total. The van der Waals surface area contributed by atoms with Gasteiger partial charge in [0.15, 0.2) is 5.82 Å². The van der Waals surface area contributed by atoms with Crippen LogP contribution in [0.15, 0.2) is 18.5 Å². The van der Waals surface area contributed by atoms with Crippen LogP contribution in [0.3, 0.4) is 0 Å². The van der Waals surface area contributed by atoms with E-state index in [9.17, 15) is 0 Å². The maximum atomic E-state index is 9.08. The van der Waals surface area contributed by atoms with Crippen molar-refractivity contribution in [1.29, 1.82) is 0 Å². The zero-order chi connectivity index (χ0) is 14.9. The number of rotatable bonds is 4. The van der Waals surface area contributed by atoms with Gasteiger partial charge in [-0.05, 0) is 17.9 Å². The van der Waals surface area contributed by atoms with Crippen molar-refractivity contribution in [1.82, 2.24) is 25.3 Å². The monoisotopic (exact) mass is 299 g/mol. The fourth-order valence-corrected chi connectivity index (χ4v) is 3.70. The van der Waals surface area contributed by atoms with Gasteiger partial charge in [0, 0.05) is 50.6 Å². The Morgan fingerprint density at radius 3 is 2.77 bits per heavy atom. The van der Waals surface area contributed by atoms with Gasteiger partial charge in [-0.15, -0.1) is 5.10 Å². The number of aromatic nitrogens is 4. The third-order valence-corrected chi connectivity index (χ3v) is 4.68. The molecular formula is C15H19N6O. The van der Waals surface area contributed by atoms with Gasteiger partial charge in [0.25, 0.3) is 0 Å². The van der Waals surface area contributed by atoms with Crippen molar-refractivity contribution in [3.63, 3.8) is 0 Å². The Hall–Kier alpha value is -1.99. The molecule has 4 rings (SSSR count). The summed E-state index contributed by atoms with van der Waals surface area (Å²) in [4.78, 5) is 4.67. The minimum absolute atomic E-state index is 0.243. The standard InChI is InChI=1S/C15H19N6O/c22-6-5-20-7-11-9-21(10-12(11)8-20)15-13(1-3-17-19-15)14-2-4-16-18-14/h1,3-4,11-12,22H,5-10H2,(H,16,18)/t11-,12+. The van der Waals surface area contributed by atoms with E-state index in [4.69, 9.17) is 5.11 Å². The number of likely N-dealkylation sites (tertiary alicyclic amines) is 1. The third-order valence-electron chi connectivity index (χ3n) is 4.68. The summed E-state index contributed by atoms with van der Waals surface area (Å²) in [6.45, 7) is 5.13. The van der Waals surface area contributed by atoms with Crippen LogP contribution in [-0.2, 0) is 0 Å². The first-order valence-corrected chi connectivity index (χ1v) is 7.67.